The number of hydrogen-bond acceptors (Lipinski definition) is 3. The Balaban J connectivity index is 1.65. The lowest BCUT2D eigenvalue weighted by molar-refractivity contribution is 0.236. The monoisotopic (exact) mass is 299 g/mol. The second-order valence-corrected chi connectivity index (χ2v) is 5.08. The molecule has 116 valence electrons. The summed E-state index contributed by atoms with van der Waals surface area (Å²) < 4.78 is 5.65. The van der Waals surface area contributed by atoms with Crippen LogP contribution in [0, 0.1) is 13.8 Å². The van der Waals surface area contributed by atoms with Crippen LogP contribution in [0.3, 0.4) is 0 Å². The van der Waals surface area contributed by atoms with E-state index in [1.165, 1.54) is 5.56 Å². The van der Waals surface area contributed by atoms with Crippen LogP contribution in [0.15, 0.2) is 42.7 Å². The van der Waals surface area contributed by atoms with Gasteiger partial charge in [-0.1, -0.05) is 17.7 Å². The summed E-state index contributed by atoms with van der Waals surface area (Å²) >= 11 is 0. The van der Waals surface area contributed by atoms with Gasteiger partial charge in [-0.25, -0.2) is 4.79 Å². The third-order valence-corrected chi connectivity index (χ3v) is 3.18. The molecule has 1 heterocycles. The number of carbonyl (C=O) groups is 1. The highest BCUT2D eigenvalue weighted by Crippen LogP contribution is 2.18. The quantitative estimate of drug-likeness (QED) is 0.806. The summed E-state index contributed by atoms with van der Waals surface area (Å²) in [6.07, 6.45) is 3.40. The van der Waals surface area contributed by atoms with Gasteiger partial charge in [0.2, 0.25) is 0 Å². The molecule has 1 aromatic heterocycles. The van der Waals surface area contributed by atoms with Gasteiger partial charge in [-0.05, 0) is 43.2 Å². The van der Waals surface area contributed by atoms with Gasteiger partial charge >= 0.3 is 6.03 Å². The molecule has 5 nitrogen and oxygen atoms in total. The molecule has 0 aliphatic rings. The highest BCUT2D eigenvalue weighted by molar-refractivity contribution is 5.73. The van der Waals surface area contributed by atoms with Crippen LogP contribution in [0.5, 0.6) is 5.75 Å². The van der Waals surface area contributed by atoms with Crippen molar-refractivity contribution in [3.05, 3.63) is 59.4 Å². The van der Waals surface area contributed by atoms with Crippen molar-refractivity contribution in [1.82, 2.24) is 15.6 Å². The van der Waals surface area contributed by atoms with E-state index in [9.17, 15) is 4.79 Å². The van der Waals surface area contributed by atoms with Crippen LogP contribution < -0.4 is 15.4 Å². The van der Waals surface area contributed by atoms with Crippen LogP contribution in [-0.4, -0.2) is 24.2 Å². The molecule has 0 saturated heterocycles. The summed E-state index contributed by atoms with van der Waals surface area (Å²) in [5.41, 5.74) is 3.32. The molecule has 2 N–H and O–H groups in total. The van der Waals surface area contributed by atoms with E-state index in [0.717, 1.165) is 16.9 Å². The molecule has 0 aliphatic carbocycles. The van der Waals surface area contributed by atoms with Gasteiger partial charge in [0.25, 0.3) is 0 Å². The zero-order valence-electron chi connectivity index (χ0n) is 12.9. The van der Waals surface area contributed by atoms with Crippen molar-refractivity contribution in [1.29, 1.82) is 0 Å². The van der Waals surface area contributed by atoms with Crippen molar-refractivity contribution in [2.75, 3.05) is 13.2 Å². The van der Waals surface area contributed by atoms with Crippen molar-refractivity contribution in [3.63, 3.8) is 0 Å². The van der Waals surface area contributed by atoms with Crippen molar-refractivity contribution in [2.45, 2.75) is 20.4 Å². The van der Waals surface area contributed by atoms with Crippen LogP contribution in [0.1, 0.15) is 16.7 Å². The summed E-state index contributed by atoms with van der Waals surface area (Å²) in [6, 6.07) is 9.56. The Morgan fingerprint density at radius 2 is 1.91 bits per heavy atom. The largest absolute Gasteiger partial charge is 0.491 e. The SMILES string of the molecule is Cc1ccc(OCCNC(=O)NCc2ccncc2)c(C)c1. The Labute approximate surface area is 130 Å². The van der Waals surface area contributed by atoms with Crippen LogP contribution in [-0.2, 0) is 6.54 Å². The number of nitrogens with one attached hydrogen (secondary N) is 2. The fourth-order valence-electron chi connectivity index (χ4n) is 2.03. The number of benzene rings is 1. The van der Waals surface area contributed by atoms with Crippen LogP contribution >= 0.6 is 0 Å². The zero-order chi connectivity index (χ0) is 15.8. The van der Waals surface area contributed by atoms with Gasteiger partial charge in [-0.3, -0.25) is 4.98 Å². The van der Waals surface area contributed by atoms with E-state index in [-0.39, 0.29) is 6.03 Å². The summed E-state index contributed by atoms with van der Waals surface area (Å²) in [4.78, 5) is 15.6. The van der Waals surface area contributed by atoms with Gasteiger partial charge in [-0.15, -0.1) is 0 Å². The van der Waals surface area contributed by atoms with Gasteiger partial charge < -0.3 is 15.4 Å². The first-order chi connectivity index (χ1) is 10.6. The Bertz CT molecular complexity index is 615. The van der Waals surface area contributed by atoms with E-state index >= 15 is 0 Å². The Morgan fingerprint density at radius 3 is 2.64 bits per heavy atom. The minimum absolute atomic E-state index is 0.207. The Hall–Kier alpha value is -2.56. The minimum atomic E-state index is -0.207. The third kappa shape index (κ3) is 5.09. The molecule has 0 unspecified atom stereocenters. The van der Waals surface area contributed by atoms with Gasteiger partial charge in [0.15, 0.2) is 0 Å². The van der Waals surface area contributed by atoms with Crippen molar-refractivity contribution in [3.8, 4) is 5.75 Å². The molecular weight excluding hydrogens is 278 g/mol. The normalized spacial score (nSPS) is 10.1. The number of amides is 2. The highest BCUT2D eigenvalue weighted by atomic mass is 16.5. The van der Waals surface area contributed by atoms with E-state index in [2.05, 4.69) is 21.7 Å². The minimum Gasteiger partial charge on any atom is -0.491 e. The first-order valence-corrected chi connectivity index (χ1v) is 7.26. The molecule has 5 heteroatoms. The lowest BCUT2D eigenvalue weighted by Crippen LogP contribution is -2.37. The van der Waals surface area contributed by atoms with Gasteiger partial charge in [0, 0.05) is 18.9 Å². The lowest BCUT2D eigenvalue weighted by atomic mass is 10.1. The number of rotatable bonds is 6. The summed E-state index contributed by atoms with van der Waals surface area (Å²) in [7, 11) is 0. The molecule has 2 aromatic rings. The molecule has 2 rings (SSSR count). The molecule has 0 atom stereocenters. The number of ether oxygens (including phenoxy) is 1. The zero-order valence-corrected chi connectivity index (χ0v) is 12.9. The molecule has 0 aliphatic heterocycles. The van der Waals surface area contributed by atoms with Crippen LogP contribution in [0.4, 0.5) is 4.79 Å². The second-order valence-electron chi connectivity index (χ2n) is 5.08. The lowest BCUT2D eigenvalue weighted by Gasteiger charge is -2.11. The van der Waals surface area contributed by atoms with Gasteiger partial charge in [0.05, 0.1) is 6.54 Å². The molecule has 0 radical (unpaired) electrons. The fraction of sp³-hybridized carbons (Fsp3) is 0.294. The summed E-state index contributed by atoms with van der Waals surface area (Å²) in [5, 5.41) is 5.55. The Kier molecular flexibility index (Phi) is 5.77. The van der Waals surface area contributed by atoms with Gasteiger partial charge in [-0.2, -0.15) is 0 Å². The average molecular weight is 299 g/mol. The average Bonchev–Trinajstić information content (AvgIpc) is 2.52. The number of aromatic nitrogens is 1. The molecule has 2 amide bonds. The third-order valence-electron chi connectivity index (χ3n) is 3.18. The maximum absolute atomic E-state index is 11.6. The number of carbonyl (C=O) groups excluding carboxylic acids is 1. The number of hydrogen-bond donors (Lipinski definition) is 2. The molecule has 0 fully saturated rings. The number of pyridine rings is 1. The van der Waals surface area contributed by atoms with Gasteiger partial charge in [0.1, 0.15) is 12.4 Å². The van der Waals surface area contributed by atoms with Crippen molar-refractivity contribution < 1.29 is 9.53 Å². The molecule has 1 aromatic carbocycles. The van der Waals surface area contributed by atoms with E-state index in [4.69, 9.17) is 4.74 Å². The molecule has 0 bridgehead atoms. The Morgan fingerprint density at radius 1 is 1.14 bits per heavy atom. The molecule has 0 saturated carbocycles. The summed E-state index contributed by atoms with van der Waals surface area (Å²) in [6.45, 7) is 5.43. The smallest absolute Gasteiger partial charge is 0.315 e. The molecule has 22 heavy (non-hydrogen) atoms. The number of urea groups is 1. The molecular formula is C17H21N3O2. The molecule has 0 spiro atoms. The maximum atomic E-state index is 11.6. The van der Waals surface area contributed by atoms with E-state index in [1.807, 2.05) is 38.1 Å². The predicted molar refractivity (Wildman–Crippen MR) is 85.9 cm³/mol. The predicted octanol–water partition coefficient (Wildman–Crippen LogP) is 2.58. The first-order valence-electron chi connectivity index (χ1n) is 7.26. The van der Waals surface area contributed by atoms with Crippen LogP contribution in [0.2, 0.25) is 0 Å². The fourth-order valence-corrected chi connectivity index (χ4v) is 2.03. The first kappa shape index (κ1) is 15.8. The number of aryl methyl sites for hydroxylation is 2. The van der Waals surface area contributed by atoms with Crippen molar-refractivity contribution >= 4 is 6.03 Å². The topological polar surface area (TPSA) is 63.2 Å². The summed E-state index contributed by atoms with van der Waals surface area (Å²) in [5.74, 6) is 0.851. The van der Waals surface area contributed by atoms with Crippen LogP contribution in [0.25, 0.3) is 0 Å². The van der Waals surface area contributed by atoms with E-state index < -0.39 is 0 Å². The maximum Gasteiger partial charge on any atom is 0.315 e. The second kappa shape index (κ2) is 8.02. The van der Waals surface area contributed by atoms with E-state index in [0.29, 0.717) is 19.7 Å². The van der Waals surface area contributed by atoms with E-state index in [1.54, 1.807) is 12.4 Å². The van der Waals surface area contributed by atoms with Crippen molar-refractivity contribution in [2.24, 2.45) is 0 Å². The highest BCUT2D eigenvalue weighted by Gasteiger charge is 2.02. The standard InChI is InChI=1S/C17H21N3O2/c1-13-3-4-16(14(2)11-13)22-10-9-19-17(21)20-12-15-5-7-18-8-6-15/h3-8,11H,9-10,12H2,1-2H3,(H2,19,20,21). The number of nitrogens with zero attached hydrogens (tertiary/aromatic N) is 1.